The number of nitro groups is 1. The number of nitro benzene ring substituents is 1. The summed E-state index contributed by atoms with van der Waals surface area (Å²) in [5.41, 5.74) is 0.297. The number of ether oxygens (including phenoxy) is 1. The minimum Gasteiger partial charge on any atom is -0.493 e. The first-order valence-corrected chi connectivity index (χ1v) is 6.00. The smallest absolute Gasteiger partial charge is 0.295 e. The van der Waals surface area contributed by atoms with E-state index >= 15 is 0 Å². The molecule has 1 aromatic carbocycles. The fraction of sp³-hybridized carbons (Fsp3) is 0.308. The molecule has 19 heavy (non-hydrogen) atoms. The summed E-state index contributed by atoms with van der Waals surface area (Å²) in [5, 5.41) is 20.2. The Balaban J connectivity index is 2.30. The molecule has 0 amide bonds. The van der Waals surface area contributed by atoms with Crippen molar-refractivity contribution < 1.29 is 14.8 Å². The summed E-state index contributed by atoms with van der Waals surface area (Å²) in [7, 11) is 0. The Hall–Kier alpha value is -2.21. The van der Waals surface area contributed by atoms with Crippen LogP contribution in [0.15, 0.2) is 30.5 Å². The standard InChI is InChI=1S/C13H14N2O4/c16-8-1-2-9-19-12-6-5-11(15(17)18)13-10(12)4-3-7-14-13/h3-7,16H,1-2,8-9H2. The van der Waals surface area contributed by atoms with Crippen LogP contribution in [-0.4, -0.2) is 28.2 Å². The van der Waals surface area contributed by atoms with Gasteiger partial charge in [0.15, 0.2) is 5.52 Å². The fourth-order valence-corrected chi connectivity index (χ4v) is 1.80. The second-order valence-corrected chi connectivity index (χ2v) is 4.02. The molecule has 0 aliphatic rings. The predicted octanol–water partition coefficient (Wildman–Crippen LogP) is 2.29. The molecule has 0 saturated heterocycles. The lowest BCUT2D eigenvalue weighted by Gasteiger charge is -2.08. The highest BCUT2D eigenvalue weighted by Gasteiger charge is 2.15. The highest BCUT2D eigenvalue weighted by Crippen LogP contribution is 2.31. The van der Waals surface area contributed by atoms with E-state index in [1.54, 1.807) is 18.2 Å². The lowest BCUT2D eigenvalue weighted by atomic mass is 10.1. The van der Waals surface area contributed by atoms with E-state index in [1.807, 2.05) is 0 Å². The van der Waals surface area contributed by atoms with Gasteiger partial charge in [0.05, 0.1) is 11.5 Å². The van der Waals surface area contributed by atoms with Crippen LogP contribution in [-0.2, 0) is 0 Å². The highest BCUT2D eigenvalue weighted by atomic mass is 16.6. The molecule has 0 spiro atoms. The van der Waals surface area contributed by atoms with Crippen molar-refractivity contribution in [2.75, 3.05) is 13.2 Å². The second kappa shape index (κ2) is 6.10. The monoisotopic (exact) mass is 262 g/mol. The lowest BCUT2D eigenvalue weighted by molar-refractivity contribution is -0.383. The molecule has 2 aromatic rings. The number of pyridine rings is 1. The van der Waals surface area contributed by atoms with Crippen LogP contribution >= 0.6 is 0 Å². The van der Waals surface area contributed by atoms with Crippen LogP contribution in [0.4, 0.5) is 5.69 Å². The molecule has 0 radical (unpaired) electrons. The van der Waals surface area contributed by atoms with Gasteiger partial charge in [-0.3, -0.25) is 10.1 Å². The van der Waals surface area contributed by atoms with Crippen molar-refractivity contribution in [2.45, 2.75) is 12.8 Å². The van der Waals surface area contributed by atoms with Crippen molar-refractivity contribution >= 4 is 16.6 Å². The van der Waals surface area contributed by atoms with Crippen molar-refractivity contribution in [1.29, 1.82) is 0 Å². The van der Waals surface area contributed by atoms with Gasteiger partial charge in [-0.15, -0.1) is 0 Å². The second-order valence-electron chi connectivity index (χ2n) is 4.02. The zero-order chi connectivity index (χ0) is 13.7. The number of unbranched alkanes of at least 4 members (excludes halogenated alkanes) is 1. The van der Waals surface area contributed by atoms with Gasteiger partial charge in [-0.1, -0.05) is 0 Å². The number of hydrogen-bond acceptors (Lipinski definition) is 5. The first-order chi connectivity index (χ1) is 9.24. The first-order valence-electron chi connectivity index (χ1n) is 6.00. The number of hydrogen-bond donors (Lipinski definition) is 1. The molecule has 0 saturated carbocycles. The number of nitrogens with zero attached hydrogens (tertiary/aromatic N) is 2. The maximum Gasteiger partial charge on any atom is 0.295 e. The molecular weight excluding hydrogens is 248 g/mol. The quantitative estimate of drug-likeness (QED) is 0.490. The first kappa shape index (κ1) is 13.2. The molecule has 100 valence electrons. The summed E-state index contributed by atoms with van der Waals surface area (Å²) in [5.74, 6) is 0.576. The van der Waals surface area contributed by atoms with Gasteiger partial charge in [0.2, 0.25) is 0 Å². The van der Waals surface area contributed by atoms with E-state index in [0.717, 1.165) is 6.42 Å². The van der Waals surface area contributed by atoms with Gasteiger partial charge in [0, 0.05) is 24.3 Å². The average molecular weight is 262 g/mol. The third-order valence-corrected chi connectivity index (χ3v) is 2.72. The molecule has 0 aliphatic heterocycles. The Morgan fingerprint density at radius 3 is 2.89 bits per heavy atom. The van der Waals surface area contributed by atoms with Gasteiger partial charge in [0.1, 0.15) is 5.75 Å². The van der Waals surface area contributed by atoms with Crippen LogP contribution in [0.5, 0.6) is 5.75 Å². The maximum atomic E-state index is 10.9. The van der Waals surface area contributed by atoms with Gasteiger partial charge in [0.25, 0.3) is 5.69 Å². The van der Waals surface area contributed by atoms with Crippen LogP contribution in [0.25, 0.3) is 10.9 Å². The Morgan fingerprint density at radius 2 is 2.16 bits per heavy atom. The fourth-order valence-electron chi connectivity index (χ4n) is 1.80. The summed E-state index contributed by atoms with van der Waals surface area (Å²) < 4.78 is 5.58. The summed E-state index contributed by atoms with van der Waals surface area (Å²) in [6.07, 6.45) is 2.92. The Kier molecular flexibility index (Phi) is 4.25. The highest BCUT2D eigenvalue weighted by molar-refractivity contribution is 5.91. The molecule has 0 unspecified atom stereocenters. The largest absolute Gasteiger partial charge is 0.493 e. The van der Waals surface area contributed by atoms with E-state index < -0.39 is 4.92 Å². The topological polar surface area (TPSA) is 85.5 Å². The van der Waals surface area contributed by atoms with E-state index in [1.165, 1.54) is 12.3 Å². The zero-order valence-electron chi connectivity index (χ0n) is 10.3. The summed E-state index contributed by atoms with van der Waals surface area (Å²) in [4.78, 5) is 14.5. The molecule has 0 aliphatic carbocycles. The van der Waals surface area contributed by atoms with Crippen molar-refractivity contribution in [3.63, 3.8) is 0 Å². The van der Waals surface area contributed by atoms with Crippen LogP contribution < -0.4 is 4.74 Å². The molecule has 0 atom stereocenters. The lowest BCUT2D eigenvalue weighted by Crippen LogP contribution is -2.00. The minimum absolute atomic E-state index is 0.0293. The molecule has 0 bridgehead atoms. The number of aromatic nitrogens is 1. The van der Waals surface area contributed by atoms with Gasteiger partial charge < -0.3 is 9.84 Å². The SMILES string of the molecule is O=[N+]([O-])c1ccc(OCCCCO)c2cccnc12. The zero-order valence-corrected chi connectivity index (χ0v) is 10.3. The molecule has 6 nitrogen and oxygen atoms in total. The summed E-state index contributed by atoms with van der Waals surface area (Å²) in [6.45, 7) is 0.592. The van der Waals surface area contributed by atoms with Crippen molar-refractivity contribution in [3.8, 4) is 5.75 Å². The number of rotatable bonds is 6. The number of benzene rings is 1. The van der Waals surface area contributed by atoms with Crippen molar-refractivity contribution in [2.24, 2.45) is 0 Å². The maximum absolute atomic E-state index is 10.9. The number of non-ortho nitro benzene ring substituents is 1. The van der Waals surface area contributed by atoms with Gasteiger partial charge in [-0.2, -0.15) is 0 Å². The van der Waals surface area contributed by atoms with E-state index in [4.69, 9.17) is 9.84 Å². The number of aliphatic hydroxyl groups is 1. The Labute approximate surface area is 109 Å². The van der Waals surface area contributed by atoms with E-state index in [2.05, 4.69) is 4.98 Å². The molecule has 1 heterocycles. The molecule has 6 heteroatoms. The molecule has 1 aromatic heterocycles. The van der Waals surface area contributed by atoms with Crippen molar-refractivity contribution in [1.82, 2.24) is 4.98 Å². The van der Waals surface area contributed by atoms with Crippen LogP contribution in [0.1, 0.15) is 12.8 Å². The predicted molar refractivity (Wildman–Crippen MR) is 70.2 cm³/mol. The number of fused-ring (bicyclic) bond motifs is 1. The molecular formula is C13H14N2O4. The van der Waals surface area contributed by atoms with Gasteiger partial charge >= 0.3 is 0 Å². The molecule has 0 fully saturated rings. The summed E-state index contributed by atoms with van der Waals surface area (Å²) >= 11 is 0. The molecule has 1 N–H and O–H groups in total. The Morgan fingerprint density at radius 1 is 1.32 bits per heavy atom. The van der Waals surface area contributed by atoms with Crippen LogP contribution in [0.2, 0.25) is 0 Å². The van der Waals surface area contributed by atoms with Crippen molar-refractivity contribution in [3.05, 3.63) is 40.6 Å². The van der Waals surface area contributed by atoms with Crippen LogP contribution in [0, 0.1) is 10.1 Å². The van der Waals surface area contributed by atoms with Gasteiger partial charge in [-0.25, -0.2) is 4.98 Å². The number of aliphatic hydroxyl groups excluding tert-OH is 1. The van der Waals surface area contributed by atoms with Gasteiger partial charge in [-0.05, 0) is 31.0 Å². The normalized spacial score (nSPS) is 10.6. The average Bonchev–Trinajstić information content (AvgIpc) is 2.43. The van der Waals surface area contributed by atoms with E-state index in [0.29, 0.717) is 29.7 Å². The van der Waals surface area contributed by atoms with E-state index in [-0.39, 0.29) is 12.3 Å². The van der Waals surface area contributed by atoms with Crippen LogP contribution in [0.3, 0.4) is 0 Å². The summed E-state index contributed by atoms with van der Waals surface area (Å²) in [6, 6.07) is 6.45. The third kappa shape index (κ3) is 2.97. The van der Waals surface area contributed by atoms with E-state index in [9.17, 15) is 10.1 Å². The Bertz CT molecular complexity index is 586. The minimum atomic E-state index is -0.453. The molecule has 2 rings (SSSR count). The third-order valence-electron chi connectivity index (χ3n) is 2.72.